The van der Waals surface area contributed by atoms with Crippen molar-refractivity contribution in [1.29, 1.82) is 0 Å². The van der Waals surface area contributed by atoms with Gasteiger partial charge in [-0.15, -0.1) is 0 Å². The van der Waals surface area contributed by atoms with Crippen molar-refractivity contribution in [2.24, 2.45) is 0 Å². The summed E-state index contributed by atoms with van der Waals surface area (Å²) in [5.74, 6) is -0.292. The number of pyridine rings is 1. The first-order chi connectivity index (χ1) is 13.4. The highest BCUT2D eigenvalue weighted by Gasteiger charge is 2.34. The Morgan fingerprint density at radius 3 is 2.75 bits per heavy atom. The molecule has 4 rings (SSSR count). The molecule has 1 aromatic carbocycles. The second kappa shape index (κ2) is 7.27. The standard InChI is InChI=1S/C20H18F3N3O2/c21-20(22,23)12-26-9-6-15(11-26)25-19(27)14-3-1-13(2-4-14)18-16-7-10-28-17(16)5-8-24-18/h1-5,7-8,10,15H,6,9,11-12H2,(H,25,27). The first kappa shape index (κ1) is 18.5. The van der Waals surface area contributed by atoms with Gasteiger partial charge in [0.2, 0.25) is 0 Å². The van der Waals surface area contributed by atoms with Gasteiger partial charge >= 0.3 is 6.18 Å². The van der Waals surface area contributed by atoms with E-state index in [1.807, 2.05) is 6.07 Å². The molecule has 1 saturated heterocycles. The van der Waals surface area contributed by atoms with Crippen LogP contribution < -0.4 is 5.32 Å². The minimum atomic E-state index is -4.22. The number of fused-ring (bicyclic) bond motifs is 1. The number of amides is 1. The maximum Gasteiger partial charge on any atom is 0.401 e. The highest BCUT2D eigenvalue weighted by molar-refractivity contribution is 5.96. The molecule has 0 saturated carbocycles. The Morgan fingerprint density at radius 1 is 1.21 bits per heavy atom. The van der Waals surface area contributed by atoms with Crippen LogP contribution in [-0.2, 0) is 0 Å². The second-order valence-electron chi connectivity index (χ2n) is 6.88. The van der Waals surface area contributed by atoms with Crippen molar-refractivity contribution >= 4 is 16.9 Å². The zero-order valence-corrected chi connectivity index (χ0v) is 14.9. The molecule has 1 aliphatic rings. The van der Waals surface area contributed by atoms with E-state index in [2.05, 4.69) is 10.3 Å². The van der Waals surface area contributed by atoms with Gasteiger partial charge in [-0.25, -0.2) is 0 Å². The first-order valence-corrected chi connectivity index (χ1v) is 8.92. The third-order valence-electron chi connectivity index (χ3n) is 4.81. The van der Waals surface area contributed by atoms with E-state index in [1.54, 1.807) is 42.8 Å². The van der Waals surface area contributed by atoms with E-state index in [1.165, 1.54) is 4.90 Å². The number of benzene rings is 1. The van der Waals surface area contributed by atoms with Crippen LogP contribution in [0.4, 0.5) is 13.2 Å². The van der Waals surface area contributed by atoms with Crippen molar-refractivity contribution < 1.29 is 22.4 Å². The molecule has 1 atom stereocenters. The zero-order valence-electron chi connectivity index (χ0n) is 14.9. The molecule has 0 aliphatic carbocycles. The lowest BCUT2D eigenvalue weighted by Gasteiger charge is -2.18. The lowest BCUT2D eigenvalue weighted by Crippen LogP contribution is -2.39. The molecule has 1 fully saturated rings. The van der Waals surface area contributed by atoms with Gasteiger partial charge in [0.05, 0.1) is 18.5 Å². The number of carbonyl (C=O) groups is 1. The fourth-order valence-electron chi connectivity index (χ4n) is 3.52. The van der Waals surface area contributed by atoms with Crippen LogP contribution in [0.3, 0.4) is 0 Å². The number of hydrogen-bond acceptors (Lipinski definition) is 4. The number of alkyl halides is 3. The van der Waals surface area contributed by atoms with Gasteiger partial charge in [0.1, 0.15) is 5.58 Å². The smallest absolute Gasteiger partial charge is 0.401 e. The average Bonchev–Trinajstić information content (AvgIpc) is 3.29. The minimum absolute atomic E-state index is 0.204. The molecule has 146 valence electrons. The van der Waals surface area contributed by atoms with Gasteiger partial charge < -0.3 is 9.73 Å². The molecule has 3 heterocycles. The summed E-state index contributed by atoms with van der Waals surface area (Å²) in [5, 5.41) is 3.70. The zero-order chi connectivity index (χ0) is 19.7. The molecule has 28 heavy (non-hydrogen) atoms. The molecule has 0 radical (unpaired) electrons. The van der Waals surface area contributed by atoms with Gasteiger partial charge in [-0.2, -0.15) is 13.2 Å². The van der Waals surface area contributed by atoms with Crippen molar-refractivity contribution in [3.8, 4) is 11.3 Å². The number of carbonyl (C=O) groups excluding carboxylic acids is 1. The Balaban J connectivity index is 1.42. The summed E-state index contributed by atoms with van der Waals surface area (Å²) < 4.78 is 42.8. The molecular weight excluding hydrogens is 371 g/mol. The number of hydrogen-bond donors (Lipinski definition) is 1. The Bertz CT molecular complexity index is 982. The van der Waals surface area contributed by atoms with Crippen LogP contribution in [0.2, 0.25) is 0 Å². The SMILES string of the molecule is O=C(NC1CCN(CC(F)(F)F)C1)c1ccc(-c2nccc3occc23)cc1. The monoisotopic (exact) mass is 389 g/mol. The maximum absolute atomic E-state index is 12.5. The summed E-state index contributed by atoms with van der Waals surface area (Å²) in [5.41, 5.74) is 2.80. The van der Waals surface area contributed by atoms with Crippen LogP contribution in [0, 0.1) is 0 Å². The van der Waals surface area contributed by atoms with Gasteiger partial charge in [-0.3, -0.25) is 14.7 Å². The molecule has 0 bridgehead atoms. The van der Waals surface area contributed by atoms with Crippen molar-refractivity contribution in [1.82, 2.24) is 15.2 Å². The maximum atomic E-state index is 12.5. The average molecular weight is 389 g/mol. The van der Waals surface area contributed by atoms with Crippen molar-refractivity contribution in [2.75, 3.05) is 19.6 Å². The fourth-order valence-corrected chi connectivity index (χ4v) is 3.52. The van der Waals surface area contributed by atoms with Gasteiger partial charge in [0.15, 0.2) is 0 Å². The predicted molar refractivity (Wildman–Crippen MR) is 97.8 cm³/mol. The first-order valence-electron chi connectivity index (χ1n) is 8.92. The quantitative estimate of drug-likeness (QED) is 0.736. The molecule has 3 aromatic rings. The van der Waals surface area contributed by atoms with Gasteiger partial charge in [-0.1, -0.05) is 12.1 Å². The number of halogens is 3. The van der Waals surface area contributed by atoms with Crippen LogP contribution in [-0.4, -0.2) is 47.6 Å². The van der Waals surface area contributed by atoms with E-state index in [-0.39, 0.29) is 18.5 Å². The molecule has 2 aromatic heterocycles. The van der Waals surface area contributed by atoms with Crippen LogP contribution in [0.25, 0.3) is 22.2 Å². The molecular formula is C20H18F3N3O2. The molecule has 1 aliphatic heterocycles. The summed E-state index contributed by atoms with van der Waals surface area (Å²) in [6.45, 7) is -0.417. The van der Waals surface area contributed by atoms with Crippen LogP contribution in [0.15, 0.2) is 53.3 Å². The number of furan rings is 1. The van der Waals surface area contributed by atoms with Gasteiger partial charge in [-0.05, 0) is 30.7 Å². The van der Waals surface area contributed by atoms with Crippen LogP contribution >= 0.6 is 0 Å². The largest absolute Gasteiger partial charge is 0.464 e. The third-order valence-corrected chi connectivity index (χ3v) is 4.81. The molecule has 1 N–H and O–H groups in total. The fraction of sp³-hybridized carbons (Fsp3) is 0.300. The summed E-state index contributed by atoms with van der Waals surface area (Å²) in [6.07, 6.45) is -0.456. The summed E-state index contributed by atoms with van der Waals surface area (Å²) in [4.78, 5) is 18.1. The lowest BCUT2D eigenvalue weighted by molar-refractivity contribution is -0.143. The topological polar surface area (TPSA) is 58.4 Å². The van der Waals surface area contributed by atoms with E-state index >= 15 is 0 Å². The minimum Gasteiger partial charge on any atom is -0.464 e. The molecule has 1 amide bonds. The summed E-state index contributed by atoms with van der Waals surface area (Å²) in [6, 6.07) is 10.3. The number of nitrogens with zero attached hydrogens (tertiary/aromatic N) is 2. The molecule has 5 nitrogen and oxygen atoms in total. The molecule has 1 unspecified atom stereocenters. The Kier molecular flexibility index (Phi) is 4.80. The van der Waals surface area contributed by atoms with E-state index in [0.717, 1.165) is 22.2 Å². The van der Waals surface area contributed by atoms with Crippen molar-refractivity contribution in [3.05, 3.63) is 54.4 Å². The Morgan fingerprint density at radius 2 is 2.00 bits per heavy atom. The van der Waals surface area contributed by atoms with Gasteiger partial charge in [0.25, 0.3) is 5.91 Å². The van der Waals surface area contributed by atoms with E-state index in [9.17, 15) is 18.0 Å². The lowest BCUT2D eigenvalue weighted by atomic mass is 10.1. The van der Waals surface area contributed by atoms with Crippen molar-refractivity contribution in [2.45, 2.75) is 18.6 Å². The van der Waals surface area contributed by atoms with E-state index in [4.69, 9.17) is 4.42 Å². The van der Waals surface area contributed by atoms with Crippen LogP contribution in [0.1, 0.15) is 16.8 Å². The summed E-state index contributed by atoms with van der Waals surface area (Å²) >= 11 is 0. The number of aromatic nitrogens is 1. The van der Waals surface area contributed by atoms with Gasteiger partial charge in [0, 0.05) is 41.8 Å². The van der Waals surface area contributed by atoms with E-state index in [0.29, 0.717) is 18.5 Å². The number of likely N-dealkylation sites (tertiary alicyclic amines) is 1. The number of nitrogens with one attached hydrogen (secondary N) is 1. The molecule has 8 heteroatoms. The second-order valence-corrected chi connectivity index (χ2v) is 6.88. The summed E-state index contributed by atoms with van der Waals surface area (Å²) in [7, 11) is 0. The Labute approximate surface area is 159 Å². The third kappa shape index (κ3) is 4.01. The van der Waals surface area contributed by atoms with Crippen molar-refractivity contribution in [3.63, 3.8) is 0 Å². The highest BCUT2D eigenvalue weighted by atomic mass is 19.4. The highest BCUT2D eigenvalue weighted by Crippen LogP contribution is 2.27. The molecule has 0 spiro atoms. The normalized spacial score (nSPS) is 17.9. The number of rotatable bonds is 4. The van der Waals surface area contributed by atoms with Crippen LogP contribution in [0.5, 0.6) is 0 Å². The Hall–Kier alpha value is -2.87. The van der Waals surface area contributed by atoms with E-state index < -0.39 is 12.7 Å². The predicted octanol–water partition coefficient (Wildman–Crippen LogP) is 3.86.